The fourth-order valence-electron chi connectivity index (χ4n) is 4.02. The SMILES string of the molecule is Cn1c2ccccc2c2c(-c3c(O)ccc4ccccc34)c(O)ccc21. The standard InChI is InChI=1S/C23H17NO2/c1-24-17-9-5-4-8-16(17)21-18(24)11-13-20(26)23(21)22-15-7-3-2-6-14(15)10-12-19(22)25/h2-13,25-26H,1H3. The quantitative estimate of drug-likeness (QED) is 0.420. The van der Waals surface area contributed by atoms with E-state index in [1.807, 2.05) is 55.6 Å². The van der Waals surface area contributed by atoms with Gasteiger partial charge in [-0.15, -0.1) is 0 Å². The molecular weight excluding hydrogens is 322 g/mol. The lowest BCUT2D eigenvalue weighted by atomic mass is 9.93. The van der Waals surface area contributed by atoms with Crippen LogP contribution in [-0.2, 0) is 7.05 Å². The van der Waals surface area contributed by atoms with Crippen molar-refractivity contribution in [2.45, 2.75) is 0 Å². The highest BCUT2D eigenvalue weighted by Crippen LogP contribution is 2.46. The van der Waals surface area contributed by atoms with Crippen LogP contribution < -0.4 is 0 Å². The summed E-state index contributed by atoms with van der Waals surface area (Å²) in [4.78, 5) is 0. The number of benzene rings is 4. The van der Waals surface area contributed by atoms with Crippen molar-refractivity contribution in [2.24, 2.45) is 7.05 Å². The maximum Gasteiger partial charge on any atom is 0.124 e. The summed E-state index contributed by atoms with van der Waals surface area (Å²) < 4.78 is 2.12. The lowest BCUT2D eigenvalue weighted by Crippen LogP contribution is -1.88. The molecular formula is C23H17NO2. The number of phenols is 2. The van der Waals surface area contributed by atoms with E-state index in [0.717, 1.165) is 32.6 Å². The molecule has 1 heterocycles. The van der Waals surface area contributed by atoms with Crippen molar-refractivity contribution in [3.8, 4) is 22.6 Å². The minimum absolute atomic E-state index is 0.166. The molecule has 3 heteroatoms. The average molecular weight is 339 g/mol. The fraction of sp³-hybridized carbons (Fsp3) is 0.0435. The summed E-state index contributed by atoms with van der Waals surface area (Å²) >= 11 is 0. The van der Waals surface area contributed by atoms with Crippen molar-refractivity contribution < 1.29 is 10.2 Å². The third-order valence-corrected chi connectivity index (χ3v) is 5.21. The summed E-state index contributed by atoms with van der Waals surface area (Å²) in [5.74, 6) is 0.333. The Kier molecular flexibility index (Phi) is 3.01. The fourth-order valence-corrected chi connectivity index (χ4v) is 4.02. The minimum atomic E-state index is 0.166. The third kappa shape index (κ3) is 1.88. The van der Waals surface area contributed by atoms with E-state index in [9.17, 15) is 10.2 Å². The molecule has 1 aromatic heterocycles. The molecule has 0 radical (unpaired) electrons. The van der Waals surface area contributed by atoms with Gasteiger partial charge in [-0.1, -0.05) is 48.5 Å². The number of para-hydroxylation sites is 1. The monoisotopic (exact) mass is 339 g/mol. The summed E-state index contributed by atoms with van der Waals surface area (Å²) in [6.07, 6.45) is 0. The van der Waals surface area contributed by atoms with Gasteiger partial charge in [-0.05, 0) is 35.0 Å². The predicted molar refractivity (Wildman–Crippen MR) is 107 cm³/mol. The lowest BCUT2D eigenvalue weighted by Gasteiger charge is -2.13. The van der Waals surface area contributed by atoms with Gasteiger partial charge < -0.3 is 14.8 Å². The molecule has 0 amide bonds. The number of hydrogen-bond donors (Lipinski definition) is 2. The summed E-state index contributed by atoms with van der Waals surface area (Å²) in [5.41, 5.74) is 3.46. The molecule has 126 valence electrons. The molecule has 26 heavy (non-hydrogen) atoms. The van der Waals surface area contributed by atoms with E-state index in [0.29, 0.717) is 11.1 Å². The second kappa shape index (κ2) is 5.27. The van der Waals surface area contributed by atoms with Crippen molar-refractivity contribution >= 4 is 32.6 Å². The van der Waals surface area contributed by atoms with Crippen molar-refractivity contribution in [2.75, 3.05) is 0 Å². The summed E-state index contributed by atoms with van der Waals surface area (Å²) in [7, 11) is 2.02. The number of aryl methyl sites for hydroxylation is 1. The van der Waals surface area contributed by atoms with Crippen LogP contribution in [0.15, 0.2) is 72.8 Å². The molecule has 5 aromatic rings. The van der Waals surface area contributed by atoms with Gasteiger partial charge in [0, 0.05) is 40.0 Å². The number of phenolic OH excluding ortho intramolecular Hbond substituents is 2. The van der Waals surface area contributed by atoms with E-state index in [-0.39, 0.29) is 11.5 Å². The molecule has 4 aromatic carbocycles. The highest BCUT2D eigenvalue weighted by atomic mass is 16.3. The van der Waals surface area contributed by atoms with Gasteiger partial charge in [-0.2, -0.15) is 0 Å². The Balaban J connectivity index is 2.06. The van der Waals surface area contributed by atoms with E-state index >= 15 is 0 Å². The lowest BCUT2D eigenvalue weighted by molar-refractivity contribution is 0.470. The van der Waals surface area contributed by atoms with E-state index in [1.54, 1.807) is 12.1 Å². The largest absolute Gasteiger partial charge is 0.507 e. The van der Waals surface area contributed by atoms with Gasteiger partial charge >= 0.3 is 0 Å². The molecule has 0 fully saturated rings. The molecule has 5 rings (SSSR count). The minimum Gasteiger partial charge on any atom is -0.507 e. The van der Waals surface area contributed by atoms with Crippen molar-refractivity contribution in [1.82, 2.24) is 4.57 Å². The van der Waals surface area contributed by atoms with Gasteiger partial charge in [-0.3, -0.25) is 0 Å². The van der Waals surface area contributed by atoms with E-state index in [4.69, 9.17) is 0 Å². The van der Waals surface area contributed by atoms with Crippen LogP contribution in [0.5, 0.6) is 11.5 Å². The van der Waals surface area contributed by atoms with Crippen LogP contribution in [0, 0.1) is 0 Å². The first-order valence-electron chi connectivity index (χ1n) is 8.57. The normalized spacial score (nSPS) is 11.6. The second-order valence-electron chi connectivity index (χ2n) is 6.61. The van der Waals surface area contributed by atoms with Gasteiger partial charge in [-0.25, -0.2) is 0 Å². The van der Waals surface area contributed by atoms with E-state index in [2.05, 4.69) is 16.7 Å². The van der Waals surface area contributed by atoms with Gasteiger partial charge in [0.2, 0.25) is 0 Å². The molecule has 0 aliphatic carbocycles. The van der Waals surface area contributed by atoms with Crippen LogP contribution in [0.1, 0.15) is 0 Å². The van der Waals surface area contributed by atoms with Crippen LogP contribution in [-0.4, -0.2) is 14.8 Å². The number of rotatable bonds is 1. The Morgan fingerprint density at radius 3 is 2.12 bits per heavy atom. The van der Waals surface area contributed by atoms with Crippen LogP contribution in [0.3, 0.4) is 0 Å². The Bertz CT molecular complexity index is 1310. The van der Waals surface area contributed by atoms with Crippen molar-refractivity contribution in [3.05, 3.63) is 72.8 Å². The zero-order valence-corrected chi connectivity index (χ0v) is 14.3. The molecule has 2 N–H and O–H groups in total. The highest BCUT2D eigenvalue weighted by molar-refractivity contribution is 6.19. The Morgan fingerprint density at radius 1 is 0.615 bits per heavy atom. The second-order valence-corrected chi connectivity index (χ2v) is 6.61. The molecule has 3 nitrogen and oxygen atoms in total. The Morgan fingerprint density at radius 2 is 1.27 bits per heavy atom. The number of hydrogen-bond acceptors (Lipinski definition) is 2. The van der Waals surface area contributed by atoms with Crippen LogP contribution >= 0.6 is 0 Å². The first-order chi connectivity index (χ1) is 12.7. The number of aromatic nitrogens is 1. The molecule has 0 aliphatic rings. The van der Waals surface area contributed by atoms with Crippen LogP contribution in [0.2, 0.25) is 0 Å². The topological polar surface area (TPSA) is 45.4 Å². The van der Waals surface area contributed by atoms with Gasteiger partial charge in [0.05, 0.1) is 0 Å². The first kappa shape index (κ1) is 14.8. The third-order valence-electron chi connectivity index (χ3n) is 5.21. The smallest absolute Gasteiger partial charge is 0.124 e. The zero-order valence-electron chi connectivity index (χ0n) is 14.3. The summed E-state index contributed by atoms with van der Waals surface area (Å²) in [6.45, 7) is 0. The number of aromatic hydroxyl groups is 2. The van der Waals surface area contributed by atoms with E-state index < -0.39 is 0 Å². The Hall–Kier alpha value is -3.46. The van der Waals surface area contributed by atoms with Crippen LogP contribution in [0.25, 0.3) is 43.7 Å². The molecule has 0 bridgehead atoms. The maximum absolute atomic E-state index is 10.8. The zero-order chi connectivity index (χ0) is 17.8. The predicted octanol–water partition coefficient (Wildman–Crippen LogP) is 5.56. The van der Waals surface area contributed by atoms with Crippen LogP contribution in [0.4, 0.5) is 0 Å². The van der Waals surface area contributed by atoms with Crippen molar-refractivity contribution in [3.63, 3.8) is 0 Å². The number of nitrogens with zero attached hydrogens (tertiary/aromatic N) is 1. The van der Waals surface area contributed by atoms with E-state index in [1.165, 1.54) is 0 Å². The molecule has 0 saturated carbocycles. The van der Waals surface area contributed by atoms with Crippen molar-refractivity contribution in [1.29, 1.82) is 0 Å². The average Bonchev–Trinajstić information content (AvgIpc) is 2.95. The summed E-state index contributed by atoms with van der Waals surface area (Å²) in [6, 6.07) is 23.3. The molecule has 0 aliphatic heterocycles. The summed E-state index contributed by atoms with van der Waals surface area (Å²) in [5, 5.41) is 25.5. The first-order valence-corrected chi connectivity index (χ1v) is 8.57. The number of fused-ring (bicyclic) bond motifs is 4. The highest BCUT2D eigenvalue weighted by Gasteiger charge is 2.20. The molecule has 0 saturated heterocycles. The van der Waals surface area contributed by atoms with Gasteiger partial charge in [0.15, 0.2) is 0 Å². The Labute approximate surface area is 150 Å². The molecule has 0 unspecified atom stereocenters. The van der Waals surface area contributed by atoms with Gasteiger partial charge in [0.1, 0.15) is 11.5 Å². The molecule has 0 spiro atoms. The van der Waals surface area contributed by atoms with Gasteiger partial charge in [0.25, 0.3) is 0 Å². The molecule has 0 atom stereocenters. The maximum atomic E-state index is 10.8.